The van der Waals surface area contributed by atoms with Crippen molar-refractivity contribution in [3.8, 4) is 0 Å². The van der Waals surface area contributed by atoms with E-state index in [1.807, 2.05) is 40.6 Å². The van der Waals surface area contributed by atoms with Gasteiger partial charge >= 0.3 is 0 Å². The SMILES string of the molecule is CC(C)CN1C(=O)c2ccccc2[C@H](C(=O)NCCCN2[C@H](C)CCC[C@H]2C)[C@@H]1c1cccs1. The summed E-state index contributed by atoms with van der Waals surface area (Å²) in [5, 5.41) is 5.28. The van der Waals surface area contributed by atoms with Gasteiger partial charge in [0.05, 0.1) is 12.0 Å². The van der Waals surface area contributed by atoms with Crippen LogP contribution in [0.4, 0.5) is 0 Å². The van der Waals surface area contributed by atoms with Crippen molar-refractivity contribution in [2.24, 2.45) is 5.92 Å². The Morgan fingerprint density at radius 3 is 2.53 bits per heavy atom. The molecule has 2 aliphatic heterocycles. The lowest BCUT2D eigenvalue weighted by molar-refractivity contribution is -0.124. The van der Waals surface area contributed by atoms with Gasteiger partial charge in [-0.25, -0.2) is 0 Å². The van der Waals surface area contributed by atoms with Crippen LogP contribution < -0.4 is 5.32 Å². The first kappa shape index (κ1) is 24.9. The Morgan fingerprint density at radius 1 is 1.12 bits per heavy atom. The van der Waals surface area contributed by atoms with Crippen LogP contribution in [0.2, 0.25) is 0 Å². The van der Waals surface area contributed by atoms with Crippen molar-refractivity contribution in [1.29, 1.82) is 0 Å². The van der Waals surface area contributed by atoms with Crippen molar-refractivity contribution in [3.63, 3.8) is 0 Å². The third-order valence-electron chi connectivity index (χ3n) is 7.39. The highest BCUT2D eigenvalue weighted by Crippen LogP contribution is 2.44. The minimum absolute atomic E-state index is 0.0202. The highest BCUT2D eigenvalue weighted by molar-refractivity contribution is 7.10. The molecular formula is C28H39N3O2S. The van der Waals surface area contributed by atoms with Crippen molar-refractivity contribution < 1.29 is 9.59 Å². The van der Waals surface area contributed by atoms with E-state index in [0.29, 0.717) is 36.7 Å². The van der Waals surface area contributed by atoms with E-state index in [1.165, 1.54) is 19.3 Å². The van der Waals surface area contributed by atoms with E-state index in [0.717, 1.165) is 23.4 Å². The van der Waals surface area contributed by atoms with Gasteiger partial charge in [0.1, 0.15) is 0 Å². The van der Waals surface area contributed by atoms with Crippen LogP contribution in [0.5, 0.6) is 0 Å². The van der Waals surface area contributed by atoms with Gasteiger partial charge in [-0.05, 0) is 62.1 Å². The molecule has 5 nitrogen and oxygen atoms in total. The maximum Gasteiger partial charge on any atom is 0.254 e. The van der Waals surface area contributed by atoms with Gasteiger partial charge in [0.2, 0.25) is 5.91 Å². The van der Waals surface area contributed by atoms with Gasteiger partial charge in [-0.2, -0.15) is 0 Å². The number of nitrogens with zero attached hydrogens (tertiary/aromatic N) is 2. The fourth-order valence-corrected chi connectivity index (χ4v) is 6.62. The molecule has 1 saturated heterocycles. The first-order valence-electron chi connectivity index (χ1n) is 12.8. The quantitative estimate of drug-likeness (QED) is 0.510. The summed E-state index contributed by atoms with van der Waals surface area (Å²) >= 11 is 1.63. The molecule has 0 unspecified atom stereocenters. The number of amides is 2. The van der Waals surface area contributed by atoms with Gasteiger partial charge in [-0.3, -0.25) is 14.5 Å². The van der Waals surface area contributed by atoms with E-state index in [9.17, 15) is 9.59 Å². The first-order valence-corrected chi connectivity index (χ1v) is 13.7. The van der Waals surface area contributed by atoms with Crippen LogP contribution >= 0.6 is 11.3 Å². The van der Waals surface area contributed by atoms with Gasteiger partial charge < -0.3 is 10.2 Å². The van der Waals surface area contributed by atoms with Crippen molar-refractivity contribution in [3.05, 3.63) is 57.8 Å². The molecule has 34 heavy (non-hydrogen) atoms. The molecule has 1 aromatic heterocycles. The number of piperidine rings is 1. The van der Waals surface area contributed by atoms with Crippen LogP contribution in [-0.2, 0) is 4.79 Å². The van der Waals surface area contributed by atoms with Crippen molar-refractivity contribution >= 4 is 23.2 Å². The molecule has 1 N–H and O–H groups in total. The number of hydrogen-bond acceptors (Lipinski definition) is 4. The van der Waals surface area contributed by atoms with E-state index in [4.69, 9.17) is 0 Å². The molecule has 1 fully saturated rings. The summed E-state index contributed by atoms with van der Waals surface area (Å²) in [6.45, 7) is 11.2. The molecular weight excluding hydrogens is 442 g/mol. The second kappa shape index (κ2) is 11.0. The Kier molecular flexibility index (Phi) is 8.10. The fourth-order valence-electron chi connectivity index (χ4n) is 5.74. The molecule has 2 amide bonds. The van der Waals surface area contributed by atoms with Crippen LogP contribution in [0.25, 0.3) is 0 Å². The standard InChI is InChI=1S/C28H39N3O2S/c1-19(2)18-31-26(24-14-8-17-34-24)25(22-12-5-6-13-23(22)28(31)33)27(32)29-15-9-16-30-20(3)10-7-11-21(30)4/h5-6,8,12-14,17,19-21,25-26H,7,9-11,15-16,18H2,1-4H3,(H,29,32)/t20-,21-,25+,26+/m1/s1. The summed E-state index contributed by atoms with van der Waals surface area (Å²) in [7, 11) is 0. The summed E-state index contributed by atoms with van der Waals surface area (Å²) in [5.74, 6) is -0.0419. The number of rotatable bonds is 8. The summed E-state index contributed by atoms with van der Waals surface area (Å²) in [6, 6.07) is 12.7. The average molecular weight is 482 g/mol. The van der Waals surface area contributed by atoms with E-state index >= 15 is 0 Å². The Labute approximate surface area is 208 Å². The molecule has 4 atom stereocenters. The molecule has 0 saturated carbocycles. The Bertz CT molecular complexity index is 964. The van der Waals surface area contributed by atoms with E-state index in [1.54, 1.807) is 11.3 Å². The van der Waals surface area contributed by atoms with Crippen LogP contribution in [0.1, 0.15) is 86.1 Å². The number of likely N-dealkylation sites (tertiary alicyclic amines) is 1. The van der Waals surface area contributed by atoms with Gasteiger partial charge in [-0.1, -0.05) is 44.5 Å². The number of carbonyl (C=O) groups is 2. The number of fused-ring (bicyclic) bond motifs is 1. The fraction of sp³-hybridized carbons (Fsp3) is 0.571. The minimum Gasteiger partial charge on any atom is -0.355 e. The Balaban J connectivity index is 1.54. The molecule has 184 valence electrons. The number of carbonyl (C=O) groups excluding carboxylic acids is 2. The zero-order chi connectivity index (χ0) is 24.2. The van der Waals surface area contributed by atoms with Gasteiger partial charge in [-0.15, -0.1) is 11.3 Å². The number of hydrogen-bond donors (Lipinski definition) is 1. The largest absolute Gasteiger partial charge is 0.355 e. The average Bonchev–Trinajstić information content (AvgIpc) is 3.34. The third-order valence-corrected chi connectivity index (χ3v) is 8.33. The minimum atomic E-state index is -0.404. The van der Waals surface area contributed by atoms with Crippen molar-refractivity contribution in [2.75, 3.05) is 19.6 Å². The number of thiophene rings is 1. The maximum atomic E-state index is 13.7. The molecule has 6 heteroatoms. The van der Waals surface area contributed by atoms with Crippen LogP contribution in [-0.4, -0.2) is 53.3 Å². The van der Waals surface area contributed by atoms with E-state index < -0.39 is 5.92 Å². The van der Waals surface area contributed by atoms with Crippen molar-refractivity contribution in [2.45, 2.75) is 77.4 Å². The highest BCUT2D eigenvalue weighted by Gasteiger charge is 2.44. The van der Waals surface area contributed by atoms with E-state index in [2.05, 4.69) is 44.0 Å². The van der Waals surface area contributed by atoms with Crippen LogP contribution in [0, 0.1) is 5.92 Å². The first-order chi connectivity index (χ1) is 16.4. The normalized spacial score (nSPS) is 25.4. The molecule has 0 bridgehead atoms. The lowest BCUT2D eigenvalue weighted by Crippen LogP contribution is -2.48. The number of benzene rings is 1. The highest BCUT2D eigenvalue weighted by atomic mass is 32.1. The van der Waals surface area contributed by atoms with Crippen LogP contribution in [0.3, 0.4) is 0 Å². The zero-order valence-electron chi connectivity index (χ0n) is 21.0. The predicted octanol–water partition coefficient (Wildman–Crippen LogP) is 5.45. The molecule has 2 aromatic rings. The lowest BCUT2D eigenvalue weighted by Gasteiger charge is -2.42. The van der Waals surface area contributed by atoms with Crippen LogP contribution in [0.15, 0.2) is 41.8 Å². The zero-order valence-corrected chi connectivity index (χ0v) is 21.8. The molecule has 2 aliphatic rings. The molecule has 0 radical (unpaired) electrons. The second-order valence-electron chi connectivity index (χ2n) is 10.4. The molecule has 4 rings (SSSR count). The Morgan fingerprint density at radius 2 is 1.85 bits per heavy atom. The molecule has 0 spiro atoms. The van der Waals surface area contributed by atoms with Gasteiger partial charge in [0.15, 0.2) is 0 Å². The smallest absolute Gasteiger partial charge is 0.254 e. The summed E-state index contributed by atoms with van der Waals surface area (Å²) in [4.78, 5) is 32.8. The van der Waals surface area contributed by atoms with Gasteiger partial charge in [0.25, 0.3) is 5.91 Å². The second-order valence-corrected chi connectivity index (χ2v) is 11.4. The van der Waals surface area contributed by atoms with Gasteiger partial charge in [0, 0.05) is 42.2 Å². The lowest BCUT2D eigenvalue weighted by atomic mass is 9.81. The summed E-state index contributed by atoms with van der Waals surface area (Å²) in [6.07, 6.45) is 4.77. The topological polar surface area (TPSA) is 52.7 Å². The molecule has 0 aliphatic carbocycles. The molecule has 1 aromatic carbocycles. The van der Waals surface area contributed by atoms with E-state index in [-0.39, 0.29) is 17.9 Å². The maximum absolute atomic E-state index is 13.7. The van der Waals surface area contributed by atoms with Crippen molar-refractivity contribution in [1.82, 2.24) is 15.1 Å². The Hall–Kier alpha value is -2.18. The third kappa shape index (κ3) is 5.23. The summed E-state index contributed by atoms with van der Waals surface area (Å²) in [5.41, 5.74) is 1.51. The number of nitrogens with one attached hydrogen (secondary N) is 1. The molecule has 3 heterocycles. The predicted molar refractivity (Wildman–Crippen MR) is 139 cm³/mol. The summed E-state index contributed by atoms with van der Waals surface area (Å²) < 4.78 is 0. The monoisotopic (exact) mass is 481 g/mol.